The summed E-state index contributed by atoms with van der Waals surface area (Å²) >= 11 is 0. The van der Waals surface area contributed by atoms with Crippen molar-refractivity contribution in [2.45, 2.75) is 71.6 Å². The standard InChI is InChI=1S/C55H52N4O10/c1-35-48(58-54(69-35)44-21-10-24-47-51(44)68-34-41-18-7-4-15-38(41)31-65-47)55(62)59(27-11-25-56-52(60)42-19-8-22-45-49(42)66-32-39-16-5-2-13-36(39)29-63-45)28-12-26-57-53(61)43-20-9-23-46-50(43)67-33-40-17-6-3-14-37(40)30-64-46/h2-10,13-24,35,48H,11-12,25-34H2,1H3,(H,56,60)(H,57,61)/t35-,48+/m1/s1. The molecule has 0 fully saturated rings. The van der Waals surface area contributed by atoms with Crippen molar-refractivity contribution in [3.63, 3.8) is 0 Å². The highest BCUT2D eigenvalue weighted by atomic mass is 16.5. The number of nitrogens with zero attached hydrogens (tertiary/aromatic N) is 2. The van der Waals surface area contributed by atoms with Crippen LogP contribution in [0.5, 0.6) is 34.5 Å². The fraction of sp³-hybridized carbons (Fsp3) is 0.273. The minimum absolute atomic E-state index is 0.245. The highest BCUT2D eigenvalue weighted by Crippen LogP contribution is 2.39. The van der Waals surface area contributed by atoms with Gasteiger partial charge in [-0.1, -0.05) is 91.0 Å². The van der Waals surface area contributed by atoms with Gasteiger partial charge in [0.1, 0.15) is 45.7 Å². The zero-order chi connectivity index (χ0) is 47.1. The third-order valence-electron chi connectivity index (χ3n) is 12.6. The number of hydrogen-bond donors (Lipinski definition) is 2. The number of fused-ring (bicyclic) bond motifs is 6. The van der Waals surface area contributed by atoms with Crippen molar-refractivity contribution in [2.75, 3.05) is 26.2 Å². The Morgan fingerprint density at radius 3 is 1.35 bits per heavy atom. The second-order valence-electron chi connectivity index (χ2n) is 17.2. The Morgan fingerprint density at radius 1 is 0.507 bits per heavy atom. The third kappa shape index (κ3) is 9.87. The largest absolute Gasteiger partial charge is 0.485 e. The minimum atomic E-state index is -0.868. The third-order valence-corrected chi connectivity index (χ3v) is 12.6. The molecule has 0 saturated carbocycles. The fourth-order valence-electron chi connectivity index (χ4n) is 8.84. The van der Waals surface area contributed by atoms with Crippen LogP contribution in [0.15, 0.2) is 132 Å². The maximum Gasteiger partial charge on any atom is 0.255 e. The van der Waals surface area contributed by atoms with Crippen LogP contribution in [0, 0.1) is 0 Å². The van der Waals surface area contributed by atoms with Crippen molar-refractivity contribution >= 4 is 23.6 Å². The van der Waals surface area contributed by atoms with Crippen LogP contribution in [-0.2, 0) is 49.2 Å². The summed E-state index contributed by atoms with van der Waals surface area (Å²) < 4.78 is 43.4. The lowest BCUT2D eigenvalue weighted by Gasteiger charge is -2.26. The summed E-state index contributed by atoms with van der Waals surface area (Å²) in [6.07, 6.45) is 0.258. The molecule has 14 heteroatoms. The summed E-state index contributed by atoms with van der Waals surface area (Å²) in [5.41, 5.74) is 7.39. The number of para-hydroxylation sites is 3. The van der Waals surface area contributed by atoms with Crippen molar-refractivity contribution in [2.24, 2.45) is 4.99 Å². The molecule has 0 aliphatic carbocycles. The molecule has 6 aromatic rings. The first-order valence-electron chi connectivity index (χ1n) is 23.3. The van der Waals surface area contributed by atoms with Gasteiger partial charge < -0.3 is 48.7 Å². The van der Waals surface area contributed by atoms with Gasteiger partial charge >= 0.3 is 0 Å². The lowest BCUT2D eigenvalue weighted by Crippen LogP contribution is -2.44. The molecule has 4 heterocycles. The molecule has 0 bridgehead atoms. The van der Waals surface area contributed by atoms with E-state index in [1.54, 1.807) is 41.3 Å². The van der Waals surface area contributed by atoms with Gasteiger partial charge in [-0.25, -0.2) is 4.99 Å². The summed E-state index contributed by atoms with van der Waals surface area (Å²) in [6, 6.07) is 39.0. The smallest absolute Gasteiger partial charge is 0.255 e. The number of rotatable bonds is 12. The van der Waals surface area contributed by atoms with E-state index in [-0.39, 0.29) is 36.7 Å². The number of amides is 3. The summed E-state index contributed by atoms with van der Waals surface area (Å²) in [6.45, 7) is 4.97. The van der Waals surface area contributed by atoms with Gasteiger partial charge in [0.25, 0.3) is 17.7 Å². The van der Waals surface area contributed by atoms with E-state index in [1.807, 2.05) is 97.9 Å². The molecule has 0 aromatic heterocycles. The van der Waals surface area contributed by atoms with Crippen molar-refractivity contribution in [1.29, 1.82) is 0 Å². The molecule has 0 unspecified atom stereocenters. The van der Waals surface area contributed by atoms with Gasteiger partial charge in [0.05, 0.1) is 16.7 Å². The van der Waals surface area contributed by atoms with Gasteiger partial charge in [-0.05, 0) is 89.5 Å². The highest BCUT2D eigenvalue weighted by Gasteiger charge is 2.38. The molecule has 6 aromatic carbocycles. The lowest BCUT2D eigenvalue weighted by molar-refractivity contribution is -0.134. The van der Waals surface area contributed by atoms with Gasteiger partial charge in [0.2, 0.25) is 5.90 Å². The van der Waals surface area contributed by atoms with Crippen LogP contribution < -0.4 is 39.1 Å². The summed E-state index contributed by atoms with van der Waals surface area (Å²) in [7, 11) is 0. The van der Waals surface area contributed by atoms with Crippen molar-refractivity contribution in [1.82, 2.24) is 15.5 Å². The normalized spacial score (nSPS) is 16.4. The van der Waals surface area contributed by atoms with E-state index in [4.69, 9.17) is 38.2 Å². The summed E-state index contributed by atoms with van der Waals surface area (Å²) in [4.78, 5) is 48.6. The zero-order valence-corrected chi connectivity index (χ0v) is 38.2. The van der Waals surface area contributed by atoms with E-state index < -0.39 is 12.1 Å². The molecule has 69 heavy (non-hydrogen) atoms. The Morgan fingerprint density at radius 2 is 0.899 bits per heavy atom. The Balaban J connectivity index is 0.821. The molecule has 2 atom stereocenters. The molecule has 14 nitrogen and oxygen atoms in total. The Labute approximate surface area is 400 Å². The molecule has 2 N–H and O–H groups in total. The lowest BCUT2D eigenvalue weighted by atomic mass is 10.1. The first kappa shape index (κ1) is 44.8. The average Bonchev–Trinajstić information content (AvgIpc) is 3.75. The maximum atomic E-state index is 14.6. The summed E-state index contributed by atoms with van der Waals surface area (Å²) in [5.74, 6) is 2.19. The van der Waals surface area contributed by atoms with Crippen LogP contribution in [0.2, 0.25) is 0 Å². The van der Waals surface area contributed by atoms with E-state index in [2.05, 4.69) is 10.6 Å². The van der Waals surface area contributed by atoms with Crippen LogP contribution >= 0.6 is 0 Å². The number of hydrogen-bond acceptors (Lipinski definition) is 11. The number of ether oxygens (including phenoxy) is 7. The molecule has 0 spiro atoms. The van der Waals surface area contributed by atoms with Gasteiger partial charge in [-0.3, -0.25) is 14.4 Å². The topological polar surface area (TPSA) is 155 Å². The predicted molar refractivity (Wildman–Crippen MR) is 256 cm³/mol. The van der Waals surface area contributed by atoms with Crippen LogP contribution in [0.1, 0.15) is 79.4 Å². The minimum Gasteiger partial charge on any atom is -0.485 e. The number of carbonyl (C=O) groups excluding carboxylic acids is 3. The Bertz CT molecular complexity index is 2800. The van der Waals surface area contributed by atoms with Crippen LogP contribution in [0.4, 0.5) is 0 Å². The quantitative estimate of drug-likeness (QED) is 0.115. The van der Waals surface area contributed by atoms with Crippen molar-refractivity contribution in [3.8, 4) is 34.5 Å². The number of aliphatic imine (C=N–C) groups is 1. The number of benzene rings is 6. The fourth-order valence-corrected chi connectivity index (χ4v) is 8.84. The molecule has 4 aliphatic rings. The molecule has 4 aliphatic heterocycles. The molecular formula is C55H52N4O10. The monoisotopic (exact) mass is 928 g/mol. The molecule has 10 rings (SSSR count). The van der Waals surface area contributed by atoms with Crippen LogP contribution in [0.25, 0.3) is 0 Å². The van der Waals surface area contributed by atoms with Gasteiger partial charge in [-0.15, -0.1) is 0 Å². The highest BCUT2D eigenvalue weighted by molar-refractivity contribution is 6.02. The van der Waals surface area contributed by atoms with Crippen LogP contribution in [0.3, 0.4) is 0 Å². The first-order chi connectivity index (χ1) is 33.9. The zero-order valence-electron chi connectivity index (χ0n) is 38.2. The van der Waals surface area contributed by atoms with E-state index >= 15 is 0 Å². The molecule has 0 radical (unpaired) electrons. The molecule has 3 amide bonds. The Hall–Kier alpha value is -8.00. The molecular weight excluding hydrogens is 877 g/mol. The summed E-state index contributed by atoms with van der Waals surface area (Å²) in [5, 5.41) is 6.04. The van der Waals surface area contributed by atoms with Gasteiger partial charge in [0, 0.05) is 26.2 Å². The second-order valence-corrected chi connectivity index (χ2v) is 17.2. The molecule has 0 saturated heterocycles. The second kappa shape index (κ2) is 20.5. The Kier molecular flexibility index (Phi) is 13.3. The van der Waals surface area contributed by atoms with E-state index in [1.165, 1.54) is 0 Å². The van der Waals surface area contributed by atoms with E-state index in [9.17, 15) is 14.4 Å². The van der Waals surface area contributed by atoms with E-state index in [0.29, 0.717) is 117 Å². The predicted octanol–water partition coefficient (Wildman–Crippen LogP) is 8.10. The average molecular weight is 929 g/mol. The maximum absolute atomic E-state index is 14.6. The van der Waals surface area contributed by atoms with Crippen molar-refractivity contribution in [3.05, 3.63) is 177 Å². The first-order valence-corrected chi connectivity index (χ1v) is 23.3. The van der Waals surface area contributed by atoms with Gasteiger partial charge in [0.15, 0.2) is 40.5 Å². The van der Waals surface area contributed by atoms with Crippen molar-refractivity contribution < 1.29 is 47.5 Å². The van der Waals surface area contributed by atoms with E-state index in [0.717, 1.165) is 33.4 Å². The SMILES string of the molecule is C[C@H]1OC(c2cccc3c2OCc2ccccc2CO3)=N[C@@H]1C(=O)N(CCCNC(=O)c1cccc2c1OCc1ccccc1CO2)CCCNC(=O)c1cccc2c1OCc1ccccc1CO2. The number of carbonyl (C=O) groups is 3. The van der Waals surface area contributed by atoms with Gasteiger partial charge in [-0.2, -0.15) is 0 Å². The number of nitrogens with one attached hydrogen (secondary N) is 2. The molecule has 352 valence electrons. The van der Waals surface area contributed by atoms with Crippen LogP contribution in [-0.4, -0.2) is 66.8 Å².